The van der Waals surface area contributed by atoms with E-state index in [1.54, 1.807) is 0 Å². The molecule has 2 rings (SSSR count). The summed E-state index contributed by atoms with van der Waals surface area (Å²) in [5.41, 5.74) is 0.900. The van der Waals surface area contributed by atoms with Gasteiger partial charge >= 0.3 is 0 Å². The molecule has 1 amide bonds. The molecule has 0 saturated carbocycles. The molecule has 2 fully saturated rings. The molecule has 1 N–H and O–H groups in total. The second kappa shape index (κ2) is 3.59. The molecule has 2 aliphatic rings. The van der Waals surface area contributed by atoms with Crippen molar-refractivity contribution < 1.29 is 4.79 Å². The lowest BCUT2D eigenvalue weighted by atomic mass is 9.78. The van der Waals surface area contributed by atoms with E-state index >= 15 is 0 Å². The molecular weight excluding hydrogens is 200 g/mol. The van der Waals surface area contributed by atoms with Crippen LogP contribution in [0.1, 0.15) is 40.0 Å². The van der Waals surface area contributed by atoms with Crippen LogP contribution in [0, 0.1) is 5.41 Å². The van der Waals surface area contributed by atoms with E-state index in [9.17, 15) is 4.79 Å². The minimum absolute atomic E-state index is 0.144. The molecule has 0 aromatic rings. The highest BCUT2D eigenvalue weighted by Crippen LogP contribution is 2.41. The predicted molar refractivity (Wildman–Crippen MR) is 64.9 cm³/mol. The molecule has 1 unspecified atom stereocenters. The van der Waals surface area contributed by atoms with E-state index < -0.39 is 0 Å². The van der Waals surface area contributed by atoms with Crippen LogP contribution < -0.4 is 5.32 Å². The molecule has 2 heterocycles. The monoisotopic (exact) mass is 222 g/mol. The number of piperidine rings is 1. The third-order valence-electron chi connectivity index (χ3n) is 3.98. The van der Waals surface area contributed by atoms with Gasteiger partial charge in [-0.3, -0.25) is 9.69 Å². The Bertz CT molecular complexity index is 329. The van der Waals surface area contributed by atoms with E-state index in [-0.39, 0.29) is 16.9 Å². The molecule has 16 heavy (non-hydrogen) atoms. The van der Waals surface area contributed by atoms with Crippen molar-refractivity contribution >= 4 is 5.91 Å². The Kier molecular flexibility index (Phi) is 2.61. The fourth-order valence-electron chi connectivity index (χ4n) is 2.69. The highest BCUT2D eigenvalue weighted by Gasteiger charge is 2.48. The standard InChI is InChI=1S/C13H22N2O/c1-10-5-6-13(11(16)14-10)7-8-15(9-13)12(2,3)4/h1,5-9H2,2-4H3,(H,14,16). The first-order chi connectivity index (χ1) is 7.33. The number of amides is 1. The van der Waals surface area contributed by atoms with Gasteiger partial charge in [-0.25, -0.2) is 0 Å². The quantitative estimate of drug-likeness (QED) is 0.679. The summed E-state index contributed by atoms with van der Waals surface area (Å²) in [7, 11) is 0. The Morgan fingerprint density at radius 1 is 1.38 bits per heavy atom. The van der Waals surface area contributed by atoms with Gasteiger partial charge in [-0.05, 0) is 46.6 Å². The van der Waals surface area contributed by atoms with Crippen molar-refractivity contribution in [2.24, 2.45) is 5.41 Å². The fourth-order valence-corrected chi connectivity index (χ4v) is 2.69. The van der Waals surface area contributed by atoms with Crippen LogP contribution in [-0.2, 0) is 4.79 Å². The first-order valence-corrected chi connectivity index (χ1v) is 6.08. The van der Waals surface area contributed by atoms with Gasteiger partial charge in [0, 0.05) is 17.8 Å². The maximum atomic E-state index is 12.1. The van der Waals surface area contributed by atoms with Crippen LogP contribution in [0.15, 0.2) is 12.3 Å². The van der Waals surface area contributed by atoms with Crippen molar-refractivity contribution in [1.29, 1.82) is 0 Å². The Balaban J connectivity index is 2.12. The number of allylic oxidation sites excluding steroid dienone is 1. The first kappa shape index (κ1) is 11.6. The lowest BCUT2D eigenvalue weighted by Crippen LogP contribution is -2.48. The van der Waals surface area contributed by atoms with Crippen LogP contribution in [0.3, 0.4) is 0 Å². The summed E-state index contributed by atoms with van der Waals surface area (Å²) in [5, 5.41) is 2.92. The van der Waals surface area contributed by atoms with Crippen LogP contribution in [0.2, 0.25) is 0 Å². The van der Waals surface area contributed by atoms with E-state index in [0.29, 0.717) is 0 Å². The topological polar surface area (TPSA) is 32.3 Å². The van der Waals surface area contributed by atoms with E-state index in [2.05, 4.69) is 37.6 Å². The number of carbonyl (C=O) groups excluding carboxylic acids is 1. The maximum absolute atomic E-state index is 12.1. The van der Waals surface area contributed by atoms with Crippen LogP contribution in [-0.4, -0.2) is 29.4 Å². The van der Waals surface area contributed by atoms with Gasteiger partial charge in [-0.2, -0.15) is 0 Å². The number of likely N-dealkylation sites (tertiary alicyclic amines) is 1. The van der Waals surface area contributed by atoms with E-state index in [4.69, 9.17) is 0 Å². The summed E-state index contributed by atoms with van der Waals surface area (Å²) >= 11 is 0. The number of nitrogens with zero attached hydrogens (tertiary/aromatic N) is 1. The molecule has 90 valence electrons. The molecule has 0 aliphatic carbocycles. The van der Waals surface area contributed by atoms with Gasteiger partial charge in [0.2, 0.25) is 5.91 Å². The molecule has 1 atom stereocenters. The fraction of sp³-hybridized carbons (Fsp3) is 0.769. The van der Waals surface area contributed by atoms with Gasteiger partial charge in [0.25, 0.3) is 0 Å². The van der Waals surface area contributed by atoms with E-state index in [1.807, 2.05) is 0 Å². The van der Waals surface area contributed by atoms with Gasteiger partial charge in [-0.15, -0.1) is 0 Å². The van der Waals surface area contributed by atoms with Crippen LogP contribution in [0.25, 0.3) is 0 Å². The summed E-state index contributed by atoms with van der Waals surface area (Å²) < 4.78 is 0. The lowest BCUT2D eigenvalue weighted by molar-refractivity contribution is -0.131. The zero-order valence-electron chi connectivity index (χ0n) is 10.6. The molecule has 0 aromatic heterocycles. The van der Waals surface area contributed by atoms with Crippen molar-refractivity contribution in [3.05, 3.63) is 12.3 Å². The second-order valence-electron chi connectivity index (χ2n) is 6.18. The normalized spacial score (nSPS) is 32.2. The van der Waals surface area contributed by atoms with Crippen molar-refractivity contribution in [3.8, 4) is 0 Å². The molecule has 0 radical (unpaired) electrons. The number of hydrogen-bond donors (Lipinski definition) is 1. The second-order valence-corrected chi connectivity index (χ2v) is 6.18. The van der Waals surface area contributed by atoms with E-state index in [1.165, 1.54) is 0 Å². The van der Waals surface area contributed by atoms with Gasteiger partial charge in [-0.1, -0.05) is 6.58 Å². The summed E-state index contributed by atoms with van der Waals surface area (Å²) in [6.45, 7) is 12.4. The van der Waals surface area contributed by atoms with E-state index in [0.717, 1.165) is 38.0 Å². The smallest absolute Gasteiger partial charge is 0.231 e. The van der Waals surface area contributed by atoms with Crippen molar-refractivity contribution in [3.63, 3.8) is 0 Å². The summed E-state index contributed by atoms with van der Waals surface area (Å²) in [5.74, 6) is 0.190. The SMILES string of the molecule is C=C1CCC2(CCN(C(C)(C)C)C2)C(=O)N1. The van der Waals surface area contributed by atoms with Gasteiger partial charge in [0.05, 0.1) is 5.41 Å². The third kappa shape index (κ3) is 1.88. The Labute approximate surface area is 97.9 Å². The van der Waals surface area contributed by atoms with Crippen LogP contribution >= 0.6 is 0 Å². The third-order valence-corrected chi connectivity index (χ3v) is 3.98. The Morgan fingerprint density at radius 2 is 2.06 bits per heavy atom. The van der Waals surface area contributed by atoms with Crippen LogP contribution in [0.5, 0.6) is 0 Å². The summed E-state index contributed by atoms with van der Waals surface area (Å²) in [6.07, 6.45) is 2.89. The Hall–Kier alpha value is -0.830. The van der Waals surface area contributed by atoms with Crippen LogP contribution in [0.4, 0.5) is 0 Å². The van der Waals surface area contributed by atoms with Gasteiger partial charge in [0.1, 0.15) is 0 Å². The number of rotatable bonds is 0. The van der Waals surface area contributed by atoms with Gasteiger partial charge < -0.3 is 5.32 Å². The number of hydrogen-bond acceptors (Lipinski definition) is 2. The minimum atomic E-state index is -0.144. The molecule has 2 aliphatic heterocycles. The summed E-state index contributed by atoms with van der Waals surface area (Å²) in [6, 6.07) is 0. The number of carbonyl (C=O) groups is 1. The maximum Gasteiger partial charge on any atom is 0.231 e. The molecule has 3 heteroatoms. The molecule has 0 bridgehead atoms. The Morgan fingerprint density at radius 3 is 2.56 bits per heavy atom. The van der Waals surface area contributed by atoms with Crippen molar-refractivity contribution in [2.75, 3.05) is 13.1 Å². The minimum Gasteiger partial charge on any atom is -0.330 e. The largest absolute Gasteiger partial charge is 0.330 e. The molecular formula is C13H22N2O. The molecule has 1 spiro atoms. The predicted octanol–water partition coefficient (Wildman–Crippen LogP) is 1.90. The van der Waals surface area contributed by atoms with Crippen molar-refractivity contribution in [1.82, 2.24) is 10.2 Å². The summed E-state index contributed by atoms with van der Waals surface area (Å²) in [4.78, 5) is 14.5. The van der Waals surface area contributed by atoms with Gasteiger partial charge in [0.15, 0.2) is 0 Å². The average molecular weight is 222 g/mol. The zero-order valence-corrected chi connectivity index (χ0v) is 10.6. The molecule has 0 aromatic carbocycles. The lowest BCUT2D eigenvalue weighted by Gasteiger charge is -2.36. The first-order valence-electron chi connectivity index (χ1n) is 6.08. The average Bonchev–Trinajstić information content (AvgIpc) is 2.57. The van der Waals surface area contributed by atoms with Crippen molar-refractivity contribution in [2.45, 2.75) is 45.6 Å². The molecule has 3 nitrogen and oxygen atoms in total. The number of nitrogens with one attached hydrogen (secondary N) is 1. The zero-order chi connectivity index (χ0) is 12.0. The highest BCUT2D eigenvalue weighted by molar-refractivity contribution is 5.85. The highest BCUT2D eigenvalue weighted by atomic mass is 16.2. The molecule has 2 saturated heterocycles.